The smallest absolute Gasteiger partial charge is 0.340 e. The maximum atomic E-state index is 12.6. The molecule has 0 saturated heterocycles. The van der Waals surface area contributed by atoms with Crippen molar-refractivity contribution >= 4 is 17.3 Å². The van der Waals surface area contributed by atoms with Gasteiger partial charge in [0.15, 0.2) is 6.10 Å². The highest BCUT2D eigenvalue weighted by atomic mass is 32.1. The van der Waals surface area contributed by atoms with Gasteiger partial charge in [-0.3, -0.25) is 0 Å². The van der Waals surface area contributed by atoms with Crippen LogP contribution in [0.2, 0.25) is 0 Å². The van der Waals surface area contributed by atoms with Gasteiger partial charge in [0, 0.05) is 15.8 Å². The zero-order valence-electron chi connectivity index (χ0n) is 15.2. The van der Waals surface area contributed by atoms with Gasteiger partial charge in [-0.05, 0) is 62.4 Å². The molecule has 0 N–H and O–H groups in total. The maximum Gasteiger partial charge on any atom is 0.340 e. The number of methoxy groups -OCH3 is 1. The van der Waals surface area contributed by atoms with E-state index in [0.29, 0.717) is 11.5 Å². The first-order valence-electron chi connectivity index (χ1n) is 8.93. The lowest BCUT2D eigenvalue weighted by molar-refractivity contribution is 0.0279. The van der Waals surface area contributed by atoms with Crippen molar-refractivity contribution in [2.24, 2.45) is 0 Å². The molecule has 2 heterocycles. The molecule has 0 amide bonds. The summed E-state index contributed by atoms with van der Waals surface area (Å²) in [6.07, 6.45) is 3.69. The monoisotopic (exact) mass is 384 g/mol. The van der Waals surface area contributed by atoms with Gasteiger partial charge in [-0.25, -0.2) is 4.79 Å². The number of benzene rings is 1. The fourth-order valence-corrected chi connectivity index (χ4v) is 4.30. The van der Waals surface area contributed by atoms with Gasteiger partial charge in [0.05, 0.1) is 12.7 Å². The predicted octanol–water partition coefficient (Wildman–Crippen LogP) is 4.60. The van der Waals surface area contributed by atoms with Crippen LogP contribution in [-0.2, 0) is 17.6 Å². The van der Waals surface area contributed by atoms with Crippen molar-refractivity contribution in [3.05, 3.63) is 51.5 Å². The molecule has 6 nitrogen and oxygen atoms in total. The number of aromatic nitrogens is 2. The highest BCUT2D eigenvalue weighted by molar-refractivity contribution is 7.10. The van der Waals surface area contributed by atoms with E-state index in [1.54, 1.807) is 25.4 Å². The van der Waals surface area contributed by atoms with E-state index in [1.165, 1.54) is 11.3 Å². The number of aryl methyl sites for hydroxylation is 1. The minimum absolute atomic E-state index is 0.276. The standard InChI is InChI=1S/C20H20N2O4S/c1-12(25-20(23)16-11-27-17-6-4-3-5-15(16)17)18-21-22-19(26-18)13-7-9-14(24-2)10-8-13/h7-12H,3-6H2,1-2H3/t12-/m1/s1. The summed E-state index contributed by atoms with van der Waals surface area (Å²) >= 11 is 1.65. The summed E-state index contributed by atoms with van der Waals surface area (Å²) < 4.78 is 16.4. The van der Waals surface area contributed by atoms with Crippen LogP contribution in [-0.4, -0.2) is 23.3 Å². The van der Waals surface area contributed by atoms with Gasteiger partial charge < -0.3 is 13.9 Å². The van der Waals surface area contributed by atoms with Crippen molar-refractivity contribution in [3.63, 3.8) is 0 Å². The SMILES string of the molecule is COc1ccc(-c2nnc([C@@H](C)OC(=O)c3csc4c3CCCC4)o2)cc1. The molecule has 7 heteroatoms. The lowest BCUT2D eigenvalue weighted by Gasteiger charge is -2.13. The van der Waals surface area contributed by atoms with E-state index in [9.17, 15) is 4.79 Å². The Balaban J connectivity index is 1.47. The summed E-state index contributed by atoms with van der Waals surface area (Å²) in [5.74, 6) is 1.08. The third-order valence-electron chi connectivity index (χ3n) is 4.69. The summed E-state index contributed by atoms with van der Waals surface area (Å²) in [7, 11) is 1.61. The molecule has 140 valence electrons. The molecule has 3 aromatic rings. The quantitative estimate of drug-likeness (QED) is 0.598. The Labute approximate surface area is 161 Å². The van der Waals surface area contributed by atoms with E-state index in [0.717, 1.165) is 36.1 Å². The van der Waals surface area contributed by atoms with E-state index in [1.807, 2.05) is 29.6 Å². The second-order valence-electron chi connectivity index (χ2n) is 6.48. The average molecular weight is 384 g/mol. The van der Waals surface area contributed by atoms with E-state index in [-0.39, 0.29) is 11.9 Å². The zero-order valence-corrected chi connectivity index (χ0v) is 16.0. The zero-order chi connectivity index (χ0) is 18.8. The van der Waals surface area contributed by atoms with Crippen molar-refractivity contribution in [1.82, 2.24) is 10.2 Å². The van der Waals surface area contributed by atoms with Crippen LogP contribution < -0.4 is 4.74 Å². The lowest BCUT2D eigenvalue weighted by atomic mass is 9.96. The molecule has 1 atom stereocenters. The van der Waals surface area contributed by atoms with E-state index in [2.05, 4.69) is 10.2 Å². The third kappa shape index (κ3) is 3.60. The molecule has 0 fully saturated rings. The molecule has 4 rings (SSSR count). The van der Waals surface area contributed by atoms with Crippen molar-refractivity contribution in [2.45, 2.75) is 38.7 Å². The van der Waals surface area contributed by atoms with E-state index >= 15 is 0 Å². The number of thiophene rings is 1. The molecular formula is C20H20N2O4S. The van der Waals surface area contributed by atoms with Gasteiger partial charge in [0.25, 0.3) is 5.89 Å². The number of esters is 1. The molecule has 1 aliphatic rings. The second-order valence-corrected chi connectivity index (χ2v) is 7.44. The molecule has 0 spiro atoms. The first-order chi connectivity index (χ1) is 13.2. The number of rotatable bonds is 5. The summed E-state index contributed by atoms with van der Waals surface area (Å²) in [6.45, 7) is 1.74. The maximum absolute atomic E-state index is 12.6. The van der Waals surface area contributed by atoms with Crippen LogP contribution in [0.3, 0.4) is 0 Å². The molecule has 0 radical (unpaired) electrons. The molecule has 0 unspecified atom stereocenters. The molecule has 1 aliphatic carbocycles. The van der Waals surface area contributed by atoms with Gasteiger partial charge in [-0.2, -0.15) is 0 Å². The fraction of sp³-hybridized carbons (Fsp3) is 0.350. The molecule has 1 aromatic carbocycles. The Kier molecular flexibility index (Phi) is 4.94. The van der Waals surface area contributed by atoms with E-state index in [4.69, 9.17) is 13.9 Å². The topological polar surface area (TPSA) is 74.5 Å². The Morgan fingerprint density at radius 1 is 1.19 bits per heavy atom. The molecule has 0 aliphatic heterocycles. The number of ether oxygens (including phenoxy) is 2. The molecule has 0 bridgehead atoms. The van der Waals surface area contributed by atoms with Crippen LogP contribution in [0.25, 0.3) is 11.5 Å². The highest BCUT2D eigenvalue weighted by Crippen LogP contribution is 2.32. The van der Waals surface area contributed by atoms with Crippen LogP contribution in [0.15, 0.2) is 34.1 Å². The van der Waals surface area contributed by atoms with E-state index < -0.39 is 6.10 Å². The molecule has 2 aromatic heterocycles. The van der Waals surface area contributed by atoms with Crippen molar-refractivity contribution < 1.29 is 18.7 Å². The van der Waals surface area contributed by atoms with Crippen LogP contribution in [0, 0.1) is 0 Å². The number of carbonyl (C=O) groups excluding carboxylic acids is 1. The Hall–Kier alpha value is -2.67. The molecular weight excluding hydrogens is 364 g/mol. The Morgan fingerprint density at radius 2 is 1.96 bits per heavy atom. The van der Waals surface area contributed by atoms with Gasteiger partial charge in [-0.1, -0.05) is 0 Å². The van der Waals surface area contributed by atoms with Gasteiger partial charge in [-0.15, -0.1) is 21.5 Å². The van der Waals surface area contributed by atoms with Crippen molar-refractivity contribution in [2.75, 3.05) is 7.11 Å². The van der Waals surface area contributed by atoms with Gasteiger partial charge in [0.1, 0.15) is 5.75 Å². The normalized spacial score (nSPS) is 14.4. The van der Waals surface area contributed by atoms with Crippen LogP contribution >= 0.6 is 11.3 Å². The lowest BCUT2D eigenvalue weighted by Crippen LogP contribution is -2.12. The Morgan fingerprint density at radius 3 is 2.74 bits per heavy atom. The second kappa shape index (κ2) is 7.52. The minimum atomic E-state index is -0.615. The van der Waals surface area contributed by atoms with Crippen molar-refractivity contribution in [1.29, 1.82) is 0 Å². The van der Waals surface area contributed by atoms with Crippen LogP contribution in [0.1, 0.15) is 52.6 Å². The molecule has 27 heavy (non-hydrogen) atoms. The number of fused-ring (bicyclic) bond motifs is 1. The number of hydrogen-bond donors (Lipinski definition) is 0. The summed E-state index contributed by atoms with van der Waals surface area (Å²) in [5.41, 5.74) is 2.60. The first kappa shape index (κ1) is 17.7. The predicted molar refractivity (Wildman–Crippen MR) is 101 cm³/mol. The number of nitrogens with zero attached hydrogens (tertiary/aromatic N) is 2. The first-order valence-corrected chi connectivity index (χ1v) is 9.81. The number of hydrogen-bond acceptors (Lipinski definition) is 7. The fourth-order valence-electron chi connectivity index (χ4n) is 3.19. The summed E-state index contributed by atoms with van der Waals surface area (Å²) in [4.78, 5) is 13.9. The average Bonchev–Trinajstić information content (AvgIpc) is 3.35. The number of carbonyl (C=O) groups is 1. The summed E-state index contributed by atoms with van der Waals surface area (Å²) in [6, 6.07) is 7.32. The summed E-state index contributed by atoms with van der Waals surface area (Å²) in [5, 5.41) is 10.00. The van der Waals surface area contributed by atoms with Crippen LogP contribution in [0.4, 0.5) is 0 Å². The largest absolute Gasteiger partial charge is 0.497 e. The molecule has 0 saturated carbocycles. The Bertz CT molecular complexity index is 945. The highest BCUT2D eigenvalue weighted by Gasteiger charge is 2.25. The van der Waals surface area contributed by atoms with Gasteiger partial charge in [0.2, 0.25) is 5.89 Å². The third-order valence-corrected chi connectivity index (χ3v) is 5.78. The minimum Gasteiger partial charge on any atom is -0.497 e. The van der Waals surface area contributed by atoms with Crippen molar-refractivity contribution in [3.8, 4) is 17.2 Å². The van der Waals surface area contributed by atoms with Gasteiger partial charge >= 0.3 is 5.97 Å². The van der Waals surface area contributed by atoms with Crippen LogP contribution in [0.5, 0.6) is 5.75 Å².